The second-order valence-corrected chi connectivity index (χ2v) is 5.36. The van der Waals surface area contributed by atoms with Crippen LogP contribution >= 0.6 is 12.4 Å². The van der Waals surface area contributed by atoms with E-state index in [9.17, 15) is 4.79 Å². The van der Waals surface area contributed by atoms with Crippen LogP contribution in [-0.4, -0.2) is 31.2 Å². The van der Waals surface area contributed by atoms with Gasteiger partial charge in [-0.15, -0.1) is 12.4 Å². The molecule has 0 radical (unpaired) electrons. The number of hydrogen-bond acceptors (Lipinski definition) is 3. The molecule has 0 bridgehead atoms. The maximum absolute atomic E-state index is 11.6. The zero-order valence-corrected chi connectivity index (χ0v) is 13.0. The minimum atomic E-state index is -0.372. The molecule has 3 atom stereocenters. The molecule has 114 valence electrons. The fourth-order valence-corrected chi connectivity index (χ4v) is 2.49. The first kappa shape index (κ1) is 18.7. The molecular weight excluding hydrogens is 264 g/mol. The number of amides is 1. The summed E-state index contributed by atoms with van der Waals surface area (Å²) in [6.45, 7) is 5.44. The van der Waals surface area contributed by atoms with E-state index >= 15 is 0 Å². The summed E-state index contributed by atoms with van der Waals surface area (Å²) in [7, 11) is 0. The Morgan fingerprint density at radius 3 is 2.74 bits per heavy atom. The predicted octanol–water partition coefficient (Wildman–Crippen LogP) is 2.25. The van der Waals surface area contributed by atoms with Gasteiger partial charge in [0.1, 0.15) is 0 Å². The molecule has 1 aliphatic rings. The predicted molar refractivity (Wildman–Crippen MR) is 80.5 cm³/mol. The van der Waals surface area contributed by atoms with Gasteiger partial charge in [-0.1, -0.05) is 33.1 Å². The molecule has 1 rings (SSSR count). The highest BCUT2D eigenvalue weighted by atomic mass is 35.5. The van der Waals surface area contributed by atoms with Crippen LogP contribution in [0, 0.1) is 5.92 Å². The first-order chi connectivity index (χ1) is 8.65. The van der Waals surface area contributed by atoms with Gasteiger partial charge < -0.3 is 15.8 Å². The van der Waals surface area contributed by atoms with Crippen LogP contribution < -0.4 is 11.1 Å². The second kappa shape index (κ2) is 10.5. The zero-order chi connectivity index (χ0) is 13.4. The Morgan fingerprint density at radius 1 is 1.42 bits per heavy atom. The summed E-state index contributed by atoms with van der Waals surface area (Å²) in [5.41, 5.74) is 5.72. The average Bonchev–Trinajstić information content (AvgIpc) is 2.36. The Labute approximate surface area is 123 Å². The van der Waals surface area contributed by atoms with E-state index in [1.54, 1.807) is 0 Å². The van der Waals surface area contributed by atoms with Crippen LogP contribution in [0.2, 0.25) is 0 Å². The number of ether oxygens (including phenoxy) is 1. The zero-order valence-electron chi connectivity index (χ0n) is 12.2. The number of nitrogens with one attached hydrogen (secondary N) is 1. The van der Waals surface area contributed by atoms with Crippen molar-refractivity contribution in [1.29, 1.82) is 0 Å². The van der Waals surface area contributed by atoms with Gasteiger partial charge in [0.2, 0.25) is 5.91 Å². The normalized spacial score (nSPS) is 24.4. The fourth-order valence-electron chi connectivity index (χ4n) is 2.49. The third kappa shape index (κ3) is 7.14. The molecule has 1 aliphatic carbocycles. The summed E-state index contributed by atoms with van der Waals surface area (Å²) in [6, 6.07) is -0.372. The highest BCUT2D eigenvalue weighted by molar-refractivity contribution is 5.85. The van der Waals surface area contributed by atoms with Crippen LogP contribution in [0.25, 0.3) is 0 Å². The van der Waals surface area contributed by atoms with Gasteiger partial charge >= 0.3 is 0 Å². The lowest BCUT2D eigenvalue weighted by molar-refractivity contribution is -0.123. The van der Waals surface area contributed by atoms with Gasteiger partial charge in [-0.05, 0) is 25.2 Å². The molecule has 1 saturated carbocycles. The van der Waals surface area contributed by atoms with Gasteiger partial charge in [0.15, 0.2) is 0 Å². The maximum Gasteiger partial charge on any atom is 0.236 e. The van der Waals surface area contributed by atoms with Crippen LogP contribution in [-0.2, 0) is 9.53 Å². The Balaban J connectivity index is 0.00000324. The summed E-state index contributed by atoms with van der Waals surface area (Å²) in [5.74, 6) is 0.592. The number of carbonyl (C=O) groups is 1. The molecule has 1 fully saturated rings. The van der Waals surface area contributed by atoms with Crippen LogP contribution in [0.5, 0.6) is 0 Å². The van der Waals surface area contributed by atoms with Gasteiger partial charge in [0.25, 0.3) is 0 Å². The quantitative estimate of drug-likeness (QED) is 0.707. The van der Waals surface area contributed by atoms with Crippen molar-refractivity contribution in [2.24, 2.45) is 11.7 Å². The van der Waals surface area contributed by atoms with Crippen molar-refractivity contribution in [3.8, 4) is 0 Å². The molecule has 0 aliphatic heterocycles. The van der Waals surface area contributed by atoms with Crippen LogP contribution in [0.15, 0.2) is 0 Å². The highest BCUT2D eigenvalue weighted by Crippen LogP contribution is 2.25. The lowest BCUT2D eigenvalue weighted by atomic mass is 9.88. The van der Waals surface area contributed by atoms with Crippen LogP contribution in [0.4, 0.5) is 0 Å². The van der Waals surface area contributed by atoms with E-state index in [2.05, 4.69) is 12.2 Å². The molecule has 0 aromatic heterocycles. The molecule has 19 heavy (non-hydrogen) atoms. The summed E-state index contributed by atoms with van der Waals surface area (Å²) < 4.78 is 5.83. The van der Waals surface area contributed by atoms with Crippen LogP contribution in [0.1, 0.15) is 52.4 Å². The molecule has 0 saturated heterocycles. The Bertz CT molecular complexity index is 252. The molecule has 0 aromatic carbocycles. The SMILES string of the molecule is CCCC(N)C(=O)NCCOC1CCCCC1C.Cl. The summed E-state index contributed by atoms with van der Waals surface area (Å²) >= 11 is 0. The third-order valence-electron chi connectivity index (χ3n) is 3.70. The van der Waals surface area contributed by atoms with Gasteiger partial charge in [-0.25, -0.2) is 0 Å². The molecule has 5 heteroatoms. The first-order valence-electron chi connectivity index (χ1n) is 7.30. The number of halogens is 1. The molecule has 4 nitrogen and oxygen atoms in total. The summed E-state index contributed by atoms with van der Waals surface area (Å²) in [6.07, 6.45) is 7.06. The topological polar surface area (TPSA) is 64.4 Å². The second-order valence-electron chi connectivity index (χ2n) is 5.36. The van der Waals surface area contributed by atoms with Crippen molar-refractivity contribution in [1.82, 2.24) is 5.32 Å². The lowest BCUT2D eigenvalue weighted by Gasteiger charge is -2.28. The van der Waals surface area contributed by atoms with E-state index in [1.807, 2.05) is 6.92 Å². The lowest BCUT2D eigenvalue weighted by Crippen LogP contribution is -2.42. The minimum Gasteiger partial charge on any atom is -0.376 e. The van der Waals surface area contributed by atoms with Gasteiger partial charge in [0, 0.05) is 6.54 Å². The average molecular weight is 293 g/mol. The van der Waals surface area contributed by atoms with Gasteiger partial charge in [0.05, 0.1) is 18.8 Å². The van der Waals surface area contributed by atoms with Crippen LogP contribution in [0.3, 0.4) is 0 Å². The Kier molecular flexibility index (Phi) is 10.3. The number of rotatable bonds is 7. The Morgan fingerprint density at radius 2 is 2.11 bits per heavy atom. The van der Waals surface area contributed by atoms with Crippen molar-refractivity contribution in [2.45, 2.75) is 64.5 Å². The van der Waals surface area contributed by atoms with Crippen molar-refractivity contribution in [3.05, 3.63) is 0 Å². The standard InChI is InChI=1S/C14H28N2O2.ClH/c1-3-6-12(15)14(17)16-9-10-18-13-8-5-4-7-11(13)2;/h11-13H,3-10,15H2,1-2H3,(H,16,17);1H. The van der Waals surface area contributed by atoms with Crippen molar-refractivity contribution >= 4 is 18.3 Å². The monoisotopic (exact) mass is 292 g/mol. The van der Waals surface area contributed by atoms with E-state index in [0.717, 1.165) is 19.3 Å². The van der Waals surface area contributed by atoms with E-state index in [4.69, 9.17) is 10.5 Å². The fraction of sp³-hybridized carbons (Fsp3) is 0.929. The van der Waals surface area contributed by atoms with E-state index in [1.165, 1.54) is 19.3 Å². The van der Waals surface area contributed by atoms with E-state index in [0.29, 0.717) is 25.2 Å². The van der Waals surface area contributed by atoms with Gasteiger partial charge in [-0.2, -0.15) is 0 Å². The Hall–Kier alpha value is -0.320. The number of hydrogen-bond donors (Lipinski definition) is 2. The third-order valence-corrected chi connectivity index (χ3v) is 3.70. The summed E-state index contributed by atoms with van der Waals surface area (Å²) in [5, 5.41) is 2.83. The molecule has 1 amide bonds. The van der Waals surface area contributed by atoms with E-state index in [-0.39, 0.29) is 24.4 Å². The molecule has 0 aromatic rings. The first-order valence-corrected chi connectivity index (χ1v) is 7.30. The minimum absolute atomic E-state index is 0. The number of nitrogens with two attached hydrogens (primary N) is 1. The van der Waals surface area contributed by atoms with Crippen molar-refractivity contribution < 1.29 is 9.53 Å². The number of carbonyl (C=O) groups excluding carboxylic acids is 1. The maximum atomic E-state index is 11.6. The van der Waals surface area contributed by atoms with Crippen molar-refractivity contribution in [3.63, 3.8) is 0 Å². The van der Waals surface area contributed by atoms with Gasteiger partial charge in [-0.3, -0.25) is 4.79 Å². The molecule has 3 N–H and O–H groups in total. The molecule has 0 spiro atoms. The van der Waals surface area contributed by atoms with Crippen molar-refractivity contribution in [2.75, 3.05) is 13.2 Å². The largest absolute Gasteiger partial charge is 0.376 e. The smallest absolute Gasteiger partial charge is 0.236 e. The van der Waals surface area contributed by atoms with E-state index < -0.39 is 0 Å². The highest BCUT2D eigenvalue weighted by Gasteiger charge is 2.21. The summed E-state index contributed by atoms with van der Waals surface area (Å²) in [4.78, 5) is 11.6. The molecule has 0 heterocycles. The molecule has 3 unspecified atom stereocenters. The molecular formula is C14H29ClN2O2.